The summed E-state index contributed by atoms with van der Waals surface area (Å²) in [5.41, 5.74) is 6.31. The van der Waals surface area contributed by atoms with E-state index in [4.69, 9.17) is 5.73 Å². The van der Waals surface area contributed by atoms with Gasteiger partial charge in [0, 0.05) is 18.6 Å². The molecule has 2 nitrogen and oxygen atoms in total. The van der Waals surface area contributed by atoms with Crippen molar-refractivity contribution >= 4 is 0 Å². The highest BCUT2D eigenvalue weighted by molar-refractivity contribution is 4.86. The maximum atomic E-state index is 6.31. The monoisotopic (exact) mass is 238 g/mol. The lowest BCUT2D eigenvalue weighted by molar-refractivity contribution is 0.0746. The molecule has 100 valence electrons. The van der Waals surface area contributed by atoms with Crippen molar-refractivity contribution < 1.29 is 0 Å². The number of piperidine rings is 1. The van der Waals surface area contributed by atoms with Crippen LogP contribution >= 0.6 is 0 Å². The zero-order valence-corrected chi connectivity index (χ0v) is 11.9. The lowest BCUT2D eigenvalue weighted by atomic mass is 9.78. The Morgan fingerprint density at radius 3 is 2.65 bits per heavy atom. The Hall–Kier alpha value is -0.0800. The third kappa shape index (κ3) is 3.23. The van der Waals surface area contributed by atoms with Crippen molar-refractivity contribution in [2.75, 3.05) is 13.1 Å². The lowest BCUT2D eigenvalue weighted by Crippen LogP contribution is -2.49. The molecule has 0 radical (unpaired) electrons. The zero-order valence-electron chi connectivity index (χ0n) is 11.9. The van der Waals surface area contributed by atoms with Crippen molar-refractivity contribution in [3.63, 3.8) is 0 Å². The van der Waals surface area contributed by atoms with Crippen LogP contribution in [0.3, 0.4) is 0 Å². The van der Waals surface area contributed by atoms with Gasteiger partial charge in [-0.2, -0.15) is 0 Å². The van der Waals surface area contributed by atoms with E-state index in [-0.39, 0.29) is 0 Å². The summed E-state index contributed by atoms with van der Waals surface area (Å²) < 4.78 is 0. The topological polar surface area (TPSA) is 29.3 Å². The number of rotatable bonds is 2. The first kappa shape index (κ1) is 13.4. The Morgan fingerprint density at radius 1 is 1.12 bits per heavy atom. The average molecular weight is 238 g/mol. The van der Waals surface area contributed by atoms with Crippen molar-refractivity contribution in [2.24, 2.45) is 23.5 Å². The first-order valence-electron chi connectivity index (χ1n) is 7.57. The summed E-state index contributed by atoms with van der Waals surface area (Å²) in [6.45, 7) is 9.74. The van der Waals surface area contributed by atoms with E-state index in [1.807, 2.05) is 0 Å². The van der Waals surface area contributed by atoms with E-state index < -0.39 is 0 Å². The molecule has 2 rings (SSSR count). The van der Waals surface area contributed by atoms with E-state index in [0.29, 0.717) is 6.04 Å². The van der Waals surface area contributed by atoms with Gasteiger partial charge in [-0.05, 0) is 63.3 Å². The minimum Gasteiger partial charge on any atom is -0.327 e. The van der Waals surface area contributed by atoms with Gasteiger partial charge >= 0.3 is 0 Å². The predicted octanol–water partition coefficient (Wildman–Crippen LogP) is 2.87. The van der Waals surface area contributed by atoms with Crippen molar-refractivity contribution in [2.45, 2.75) is 65.0 Å². The van der Waals surface area contributed by atoms with E-state index in [0.717, 1.165) is 23.8 Å². The summed E-state index contributed by atoms with van der Waals surface area (Å²) in [5, 5.41) is 0. The molecule has 5 unspecified atom stereocenters. The highest BCUT2D eigenvalue weighted by Gasteiger charge is 2.31. The summed E-state index contributed by atoms with van der Waals surface area (Å²) >= 11 is 0. The molecule has 0 spiro atoms. The third-order valence-electron chi connectivity index (χ3n) is 5.28. The molecule has 1 saturated carbocycles. The number of likely N-dealkylation sites (tertiary alicyclic amines) is 1. The smallest absolute Gasteiger partial charge is 0.00926 e. The van der Waals surface area contributed by atoms with E-state index in [1.54, 1.807) is 0 Å². The Bertz CT molecular complexity index is 241. The Kier molecular flexibility index (Phi) is 4.48. The van der Waals surface area contributed by atoms with E-state index in [2.05, 4.69) is 25.7 Å². The Balaban J connectivity index is 1.90. The fourth-order valence-corrected chi connectivity index (χ4v) is 3.71. The van der Waals surface area contributed by atoms with Gasteiger partial charge in [0.2, 0.25) is 0 Å². The fraction of sp³-hybridized carbons (Fsp3) is 1.00. The van der Waals surface area contributed by atoms with Gasteiger partial charge in [-0.25, -0.2) is 0 Å². The van der Waals surface area contributed by atoms with Gasteiger partial charge in [-0.3, -0.25) is 0 Å². The van der Waals surface area contributed by atoms with Gasteiger partial charge in [0.25, 0.3) is 0 Å². The minimum absolute atomic E-state index is 0.454. The van der Waals surface area contributed by atoms with Crippen LogP contribution in [0.4, 0.5) is 0 Å². The molecular weight excluding hydrogens is 208 g/mol. The van der Waals surface area contributed by atoms with E-state index in [9.17, 15) is 0 Å². The van der Waals surface area contributed by atoms with Crippen LogP contribution in [0.25, 0.3) is 0 Å². The normalized spacial score (nSPS) is 44.8. The van der Waals surface area contributed by atoms with E-state index >= 15 is 0 Å². The molecule has 1 aliphatic heterocycles. The van der Waals surface area contributed by atoms with Crippen molar-refractivity contribution in [1.29, 1.82) is 0 Å². The molecule has 0 bridgehead atoms. The van der Waals surface area contributed by atoms with Gasteiger partial charge < -0.3 is 10.6 Å². The second kappa shape index (κ2) is 5.71. The molecule has 2 heteroatoms. The second-order valence-corrected chi connectivity index (χ2v) is 6.70. The number of hydrogen-bond acceptors (Lipinski definition) is 2. The van der Waals surface area contributed by atoms with Crippen molar-refractivity contribution in [3.8, 4) is 0 Å². The molecule has 2 aliphatic rings. The van der Waals surface area contributed by atoms with Crippen LogP contribution in [0.1, 0.15) is 52.9 Å². The molecule has 2 fully saturated rings. The molecule has 0 aromatic rings. The average Bonchev–Trinajstić information content (AvgIpc) is 2.30. The molecule has 1 aliphatic carbocycles. The quantitative estimate of drug-likeness (QED) is 0.801. The molecule has 1 saturated heterocycles. The summed E-state index contributed by atoms with van der Waals surface area (Å²) in [4.78, 5) is 2.71. The minimum atomic E-state index is 0.454. The van der Waals surface area contributed by atoms with Gasteiger partial charge in [0.1, 0.15) is 0 Å². The van der Waals surface area contributed by atoms with Crippen molar-refractivity contribution in [3.05, 3.63) is 0 Å². The van der Waals surface area contributed by atoms with Crippen LogP contribution in [0.5, 0.6) is 0 Å². The number of nitrogens with two attached hydrogens (primary N) is 1. The zero-order chi connectivity index (χ0) is 12.4. The third-order valence-corrected chi connectivity index (χ3v) is 5.28. The van der Waals surface area contributed by atoms with Crippen LogP contribution in [0.2, 0.25) is 0 Å². The Morgan fingerprint density at radius 2 is 1.88 bits per heavy atom. The van der Waals surface area contributed by atoms with Crippen LogP contribution < -0.4 is 5.73 Å². The standard InChI is InChI=1S/C15H30N2/c1-11-6-7-15(16)14(9-11)10-17-8-4-5-12(2)13(17)3/h11-15H,4-10,16H2,1-3H3. The van der Waals surface area contributed by atoms with Gasteiger partial charge in [-0.15, -0.1) is 0 Å². The molecule has 0 aromatic carbocycles. The fourth-order valence-electron chi connectivity index (χ4n) is 3.71. The Labute approximate surface area is 107 Å². The highest BCUT2D eigenvalue weighted by atomic mass is 15.2. The maximum Gasteiger partial charge on any atom is 0.00926 e. The first-order chi connectivity index (χ1) is 8.08. The SMILES string of the molecule is CC1CCC(N)C(CN2CCCC(C)C2C)C1. The van der Waals surface area contributed by atoms with Gasteiger partial charge in [0.15, 0.2) is 0 Å². The predicted molar refractivity (Wildman–Crippen MR) is 73.9 cm³/mol. The molecule has 5 atom stereocenters. The van der Waals surface area contributed by atoms with E-state index in [1.165, 1.54) is 45.2 Å². The molecule has 2 N–H and O–H groups in total. The summed E-state index contributed by atoms with van der Waals surface area (Å²) in [5.74, 6) is 2.49. The largest absolute Gasteiger partial charge is 0.327 e. The second-order valence-electron chi connectivity index (χ2n) is 6.70. The van der Waals surface area contributed by atoms with Crippen molar-refractivity contribution in [1.82, 2.24) is 4.90 Å². The molecule has 1 heterocycles. The highest BCUT2D eigenvalue weighted by Crippen LogP contribution is 2.31. The van der Waals surface area contributed by atoms with Gasteiger partial charge in [-0.1, -0.05) is 13.8 Å². The molecular formula is C15H30N2. The summed E-state index contributed by atoms with van der Waals surface area (Å²) in [7, 11) is 0. The van der Waals surface area contributed by atoms with Crippen LogP contribution in [0, 0.1) is 17.8 Å². The van der Waals surface area contributed by atoms with Crippen LogP contribution in [0.15, 0.2) is 0 Å². The van der Waals surface area contributed by atoms with Crippen LogP contribution in [-0.2, 0) is 0 Å². The molecule has 17 heavy (non-hydrogen) atoms. The van der Waals surface area contributed by atoms with Gasteiger partial charge in [0.05, 0.1) is 0 Å². The summed E-state index contributed by atoms with van der Waals surface area (Å²) in [6.07, 6.45) is 6.71. The molecule has 0 amide bonds. The maximum absolute atomic E-state index is 6.31. The summed E-state index contributed by atoms with van der Waals surface area (Å²) in [6, 6.07) is 1.21. The molecule has 0 aromatic heterocycles. The number of hydrogen-bond donors (Lipinski definition) is 1. The first-order valence-corrected chi connectivity index (χ1v) is 7.57. The lowest BCUT2D eigenvalue weighted by Gasteiger charge is -2.42. The van der Waals surface area contributed by atoms with Crippen LogP contribution in [-0.4, -0.2) is 30.1 Å². The number of nitrogens with zero attached hydrogens (tertiary/aromatic N) is 1.